The molecule has 1 rings (SSSR count). The van der Waals surface area contributed by atoms with Crippen molar-refractivity contribution >= 4 is 5.69 Å². The quantitative estimate of drug-likeness (QED) is 0.640. The van der Waals surface area contributed by atoms with Crippen LogP contribution >= 0.6 is 0 Å². The first-order valence-electron chi connectivity index (χ1n) is 4.39. The van der Waals surface area contributed by atoms with Gasteiger partial charge in [0.25, 0.3) is 0 Å². The van der Waals surface area contributed by atoms with Crippen LogP contribution in [0, 0.1) is 6.92 Å². The van der Waals surface area contributed by atoms with Crippen LogP contribution in [0.2, 0.25) is 0 Å². The van der Waals surface area contributed by atoms with Crippen LogP contribution in [-0.2, 0) is 0 Å². The topological polar surface area (TPSA) is 58.3 Å². The highest BCUT2D eigenvalue weighted by Crippen LogP contribution is 2.07. The predicted octanol–water partition coefficient (Wildman–Crippen LogP) is 0.727. The monoisotopic (exact) mass is 180 g/mol. The van der Waals surface area contributed by atoms with Gasteiger partial charge in [-0.3, -0.25) is 0 Å². The number of aliphatic hydroxyl groups excluding tert-OH is 1. The van der Waals surface area contributed by atoms with Crippen molar-refractivity contribution in [1.82, 2.24) is 0 Å². The van der Waals surface area contributed by atoms with E-state index in [1.807, 2.05) is 31.2 Å². The maximum atomic E-state index is 8.69. The first kappa shape index (κ1) is 10.0. The van der Waals surface area contributed by atoms with Gasteiger partial charge in [0.2, 0.25) is 0 Å². The van der Waals surface area contributed by atoms with Crippen LogP contribution in [0.3, 0.4) is 0 Å². The van der Waals surface area contributed by atoms with Crippen LogP contribution in [-0.4, -0.2) is 24.3 Å². The molecule has 0 radical (unpaired) electrons. The summed E-state index contributed by atoms with van der Waals surface area (Å²) in [5, 5.41) is 11.8. The summed E-state index contributed by atoms with van der Waals surface area (Å²) in [7, 11) is 0. The van der Waals surface area contributed by atoms with E-state index in [9.17, 15) is 0 Å². The molecule has 0 saturated heterocycles. The first-order chi connectivity index (χ1) is 6.22. The predicted molar refractivity (Wildman–Crippen MR) is 54.7 cm³/mol. The molecule has 0 aliphatic carbocycles. The summed E-state index contributed by atoms with van der Waals surface area (Å²) in [6.07, 6.45) is 0. The van der Waals surface area contributed by atoms with Crippen LogP contribution in [0.1, 0.15) is 5.56 Å². The molecule has 0 saturated carbocycles. The molecule has 1 aromatic carbocycles. The average molecular weight is 180 g/mol. The van der Waals surface area contributed by atoms with Gasteiger partial charge in [-0.2, -0.15) is 0 Å². The minimum absolute atomic E-state index is 0.0128. The third-order valence-corrected chi connectivity index (χ3v) is 1.85. The highest BCUT2D eigenvalue weighted by molar-refractivity contribution is 5.44. The molecule has 0 heterocycles. The summed E-state index contributed by atoms with van der Waals surface area (Å²) in [6, 6.07) is 7.87. The zero-order valence-corrected chi connectivity index (χ0v) is 7.83. The number of hydrogen-bond acceptors (Lipinski definition) is 3. The molecular formula is C10H16N2O. The molecule has 0 fully saturated rings. The van der Waals surface area contributed by atoms with E-state index in [-0.39, 0.29) is 12.6 Å². The van der Waals surface area contributed by atoms with E-state index >= 15 is 0 Å². The zero-order valence-electron chi connectivity index (χ0n) is 7.83. The number of benzene rings is 1. The second-order valence-corrected chi connectivity index (χ2v) is 3.19. The number of nitrogens with one attached hydrogen (secondary N) is 1. The van der Waals surface area contributed by atoms with Crippen molar-refractivity contribution in [3.8, 4) is 0 Å². The molecule has 13 heavy (non-hydrogen) atoms. The molecular weight excluding hydrogens is 164 g/mol. The normalized spacial score (nSPS) is 12.5. The molecule has 1 atom stereocenters. The van der Waals surface area contributed by atoms with Crippen LogP contribution < -0.4 is 11.1 Å². The van der Waals surface area contributed by atoms with E-state index in [0.29, 0.717) is 6.54 Å². The average Bonchev–Trinajstić information content (AvgIpc) is 2.16. The smallest absolute Gasteiger partial charge is 0.0599 e. The molecule has 72 valence electrons. The fourth-order valence-electron chi connectivity index (χ4n) is 0.985. The van der Waals surface area contributed by atoms with Gasteiger partial charge in [-0.25, -0.2) is 0 Å². The molecule has 3 nitrogen and oxygen atoms in total. The van der Waals surface area contributed by atoms with Crippen LogP contribution in [0.4, 0.5) is 5.69 Å². The molecule has 0 aliphatic heterocycles. The number of hydrogen-bond donors (Lipinski definition) is 3. The minimum atomic E-state index is -0.193. The van der Waals surface area contributed by atoms with Gasteiger partial charge < -0.3 is 16.2 Å². The number of aliphatic hydroxyl groups is 1. The molecule has 1 unspecified atom stereocenters. The summed E-state index contributed by atoms with van der Waals surface area (Å²) >= 11 is 0. The third-order valence-electron chi connectivity index (χ3n) is 1.85. The second kappa shape index (κ2) is 4.84. The number of nitrogens with two attached hydrogens (primary N) is 1. The van der Waals surface area contributed by atoms with E-state index in [2.05, 4.69) is 5.32 Å². The lowest BCUT2D eigenvalue weighted by molar-refractivity contribution is 0.270. The Balaban J connectivity index is 2.41. The maximum Gasteiger partial charge on any atom is 0.0599 e. The molecule has 1 aromatic rings. The standard InChI is InChI=1S/C10H16N2O/c1-8-2-4-10(5-3-8)12-6-9(11)7-13/h2-5,9,12-13H,6-7,11H2,1H3. The van der Waals surface area contributed by atoms with Crippen LogP contribution in [0.15, 0.2) is 24.3 Å². The largest absolute Gasteiger partial charge is 0.395 e. The fourth-order valence-corrected chi connectivity index (χ4v) is 0.985. The Labute approximate surface area is 78.6 Å². The van der Waals surface area contributed by atoms with Gasteiger partial charge in [-0.05, 0) is 19.1 Å². The molecule has 0 amide bonds. The highest BCUT2D eigenvalue weighted by Gasteiger charge is 1.98. The molecule has 0 bridgehead atoms. The van der Waals surface area contributed by atoms with Gasteiger partial charge in [-0.15, -0.1) is 0 Å². The Bertz CT molecular complexity index is 246. The van der Waals surface area contributed by atoms with Crippen molar-refractivity contribution < 1.29 is 5.11 Å². The Kier molecular flexibility index (Phi) is 3.73. The zero-order chi connectivity index (χ0) is 9.68. The molecule has 0 aromatic heterocycles. The highest BCUT2D eigenvalue weighted by atomic mass is 16.3. The van der Waals surface area contributed by atoms with Crippen molar-refractivity contribution in [3.05, 3.63) is 29.8 Å². The number of anilines is 1. The minimum Gasteiger partial charge on any atom is -0.395 e. The Morgan fingerprint density at radius 3 is 2.54 bits per heavy atom. The third kappa shape index (κ3) is 3.44. The summed E-state index contributed by atoms with van der Waals surface area (Å²) in [6.45, 7) is 2.65. The summed E-state index contributed by atoms with van der Waals surface area (Å²) in [5.74, 6) is 0. The molecule has 3 heteroatoms. The Hall–Kier alpha value is -1.06. The van der Waals surface area contributed by atoms with Crippen molar-refractivity contribution in [2.24, 2.45) is 5.73 Å². The van der Waals surface area contributed by atoms with Crippen molar-refractivity contribution in [2.75, 3.05) is 18.5 Å². The lowest BCUT2D eigenvalue weighted by atomic mass is 10.2. The fraction of sp³-hybridized carbons (Fsp3) is 0.400. The van der Waals surface area contributed by atoms with E-state index < -0.39 is 0 Å². The second-order valence-electron chi connectivity index (χ2n) is 3.19. The van der Waals surface area contributed by atoms with Gasteiger partial charge >= 0.3 is 0 Å². The lowest BCUT2D eigenvalue weighted by Gasteiger charge is -2.10. The summed E-state index contributed by atoms with van der Waals surface area (Å²) < 4.78 is 0. The van der Waals surface area contributed by atoms with Crippen molar-refractivity contribution in [3.63, 3.8) is 0 Å². The Morgan fingerprint density at radius 2 is 2.00 bits per heavy atom. The number of aryl methyl sites for hydroxylation is 1. The molecule has 0 aliphatic rings. The number of rotatable bonds is 4. The maximum absolute atomic E-state index is 8.69. The SMILES string of the molecule is Cc1ccc(NCC(N)CO)cc1. The molecule has 0 spiro atoms. The van der Waals surface area contributed by atoms with Crippen LogP contribution in [0.25, 0.3) is 0 Å². The van der Waals surface area contributed by atoms with Gasteiger partial charge in [0.05, 0.1) is 6.61 Å². The van der Waals surface area contributed by atoms with E-state index in [0.717, 1.165) is 5.69 Å². The van der Waals surface area contributed by atoms with Gasteiger partial charge in [0.1, 0.15) is 0 Å². The van der Waals surface area contributed by atoms with Crippen LogP contribution in [0.5, 0.6) is 0 Å². The van der Waals surface area contributed by atoms with Gasteiger partial charge in [0.15, 0.2) is 0 Å². The molecule has 4 N–H and O–H groups in total. The van der Waals surface area contributed by atoms with Gasteiger partial charge in [-0.1, -0.05) is 17.7 Å². The van der Waals surface area contributed by atoms with Gasteiger partial charge in [0, 0.05) is 18.3 Å². The van der Waals surface area contributed by atoms with E-state index in [1.54, 1.807) is 0 Å². The summed E-state index contributed by atoms with van der Waals surface area (Å²) in [5.41, 5.74) is 7.81. The first-order valence-corrected chi connectivity index (χ1v) is 4.39. The Morgan fingerprint density at radius 1 is 1.38 bits per heavy atom. The van der Waals surface area contributed by atoms with Crippen molar-refractivity contribution in [1.29, 1.82) is 0 Å². The summed E-state index contributed by atoms with van der Waals surface area (Å²) in [4.78, 5) is 0. The van der Waals surface area contributed by atoms with E-state index in [1.165, 1.54) is 5.56 Å². The van der Waals surface area contributed by atoms with Crippen molar-refractivity contribution in [2.45, 2.75) is 13.0 Å². The lowest BCUT2D eigenvalue weighted by Crippen LogP contribution is -2.32. The van der Waals surface area contributed by atoms with E-state index in [4.69, 9.17) is 10.8 Å².